The lowest BCUT2D eigenvalue weighted by molar-refractivity contribution is 0.572. The molecule has 0 fully saturated rings. The van der Waals surface area contributed by atoms with Gasteiger partial charge in [0.1, 0.15) is 5.82 Å². The van der Waals surface area contributed by atoms with Gasteiger partial charge in [-0.1, -0.05) is 22.0 Å². The van der Waals surface area contributed by atoms with Gasteiger partial charge in [0.05, 0.1) is 11.7 Å². The smallest absolute Gasteiger partial charge is 0.124 e. The zero-order valence-corrected chi connectivity index (χ0v) is 12.5. The first-order chi connectivity index (χ1) is 9.10. The van der Waals surface area contributed by atoms with Crippen LogP contribution in [0.15, 0.2) is 41.0 Å². The number of pyridine rings is 1. The first-order valence-corrected chi connectivity index (χ1v) is 6.93. The molecule has 0 aliphatic carbocycles. The highest BCUT2D eigenvalue weighted by atomic mass is 79.9. The summed E-state index contributed by atoms with van der Waals surface area (Å²) >= 11 is 3.40. The topological polar surface area (TPSA) is 24.9 Å². The summed E-state index contributed by atoms with van der Waals surface area (Å²) < 4.78 is 13.9. The second-order valence-electron chi connectivity index (χ2n) is 4.54. The average molecular weight is 323 g/mol. The van der Waals surface area contributed by atoms with E-state index < -0.39 is 0 Å². The van der Waals surface area contributed by atoms with Crippen molar-refractivity contribution in [2.75, 3.05) is 7.05 Å². The summed E-state index contributed by atoms with van der Waals surface area (Å²) in [6.07, 6.45) is 2.57. The number of benzene rings is 1. The maximum Gasteiger partial charge on any atom is 0.124 e. The van der Waals surface area contributed by atoms with Gasteiger partial charge in [-0.2, -0.15) is 0 Å². The molecule has 1 N–H and O–H groups in total. The van der Waals surface area contributed by atoms with Gasteiger partial charge in [-0.3, -0.25) is 4.98 Å². The van der Waals surface area contributed by atoms with Crippen LogP contribution in [0.3, 0.4) is 0 Å². The second kappa shape index (κ2) is 6.26. The number of likely N-dealkylation sites (N-methyl/N-ethyl adjacent to an activating group) is 1. The molecule has 2 aromatic rings. The fourth-order valence-electron chi connectivity index (χ4n) is 2.01. The zero-order chi connectivity index (χ0) is 13.8. The normalized spacial score (nSPS) is 12.4. The lowest BCUT2D eigenvalue weighted by atomic mass is 10.0. The van der Waals surface area contributed by atoms with Crippen molar-refractivity contribution < 1.29 is 4.39 Å². The third-order valence-corrected chi connectivity index (χ3v) is 3.82. The monoisotopic (exact) mass is 322 g/mol. The van der Waals surface area contributed by atoms with Crippen LogP contribution < -0.4 is 5.32 Å². The molecule has 100 valence electrons. The Balaban J connectivity index is 2.24. The van der Waals surface area contributed by atoms with Crippen LogP contribution in [0, 0.1) is 12.7 Å². The molecule has 0 spiro atoms. The van der Waals surface area contributed by atoms with Gasteiger partial charge in [-0.15, -0.1) is 0 Å². The number of rotatable bonds is 4. The van der Waals surface area contributed by atoms with E-state index in [-0.39, 0.29) is 11.9 Å². The van der Waals surface area contributed by atoms with Gasteiger partial charge in [0, 0.05) is 10.7 Å². The maximum absolute atomic E-state index is 13.1. The van der Waals surface area contributed by atoms with Gasteiger partial charge in [0.25, 0.3) is 0 Å². The highest BCUT2D eigenvalue weighted by Crippen LogP contribution is 2.24. The van der Waals surface area contributed by atoms with Gasteiger partial charge in [-0.25, -0.2) is 4.39 Å². The third-order valence-electron chi connectivity index (χ3n) is 3.08. The van der Waals surface area contributed by atoms with Crippen molar-refractivity contribution in [3.8, 4) is 0 Å². The predicted molar refractivity (Wildman–Crippen MR) is 78.6 cm³/mol. The minimum absolute atomic E-state index is 0.113. The van der Waals surface area contributed by atoms with Gasteiger partial charge in [0.2, 0.25) is 0 Å². The molecule has 1 aromatic carbocycles. The van der Waals surface area contributed by atoms with Crippen LogP contribution in [0.5, 0.6) is 0 Å². The molecule has 0 radical (unpaired) electrons. The first-order valence-electron chi connectivity index (χ1n) is 6.14. The highest BCUT2D eigenvalue weighted by molar-refractivity contribution is 9.10. The van der Waals surface area contributed by atoms with Gasteiger partial charge >= 0.3 is 0 Å². The minimum Gasteiger partial charge on any atom is -0.311 e. The van der Waals surface area contributed by atoms with Crippen LogP contribution in [0.1, 0.15) is 22.9 Å². The van der Waals surface area contributed by atoms with Crippen LogP contribution in [0.4, 0.5) is 4.39 Å². The Labute approximate surface area is 121 Å². The fourth-order valence-corrected chi connectivity index (χ4v) is 2.52. The molecule has 4 heteroatoms. The van der Waals surface area contributed by atoms with E-state index in [2.05, 4.69) is 32.3 Å². The number of hydrogen-bond acceptors (Lipinski definition) is 2. The van der Waals surface area contributed by atoms with Crippen molar-refractivity contribution in [1.82, 2.24) is 10.3 Å². The predicted octanol–water partition coefficient (Wildman–Crippen LogP) is 3.79. The summed E-state index contributed by atoms with van der Waals surface area (Å²) in [7, 11) is 1.91. The molecule has 1 atom stereocenters. The van der Waals surface area contributed by atoms with Gasteiger partial charge < -0.3 is 5.32 Å². The Morgan fingerprint density at radius 1 is 1.32 bits per heavy atom. The van der Waals surface area contributed by atoms with Gasteiger partial charge in [-0.05, 0) is 55.8 Å². The SMILES string of the molecule is CNC(Cc1ccc(F)cc1Br)c1cc(C)ccn1. The molecular weight excluding hydrogens is 307 g/mol. The van der Waals surface area contributed by atoms with E-state index in [0.717, 1.165) is 22.2 Å². The van der Waals surface area contributed by atoms with Crippen molar-refractivity contribution in [2.24, 2.45) is 0 Å². The quantitative estimate of drug-likeness (QED) is 0.926. The molecule has 0 amide bonds. The number of aromatic nitrogens is 1. The van der Waals surface area contributed by atoms with Crippen molar-refractivity contribution in [3.63, 3.8) is 0 Å². The highest BCUT2D eigenvalue weighted by Gasteiger charge is 2.13. The number of halogens is 2. The van der Waals surface area contributed by atoms with E-state index >= 15 is 0 Å². The van der Waals surface area contributed by atoms with Crippen molar-refractivity contribution in [1.29, 1.82) is 0 Å². The Morgan fingerprint density at radius 3 is 2.74 bits per heavy atom. The fraction of sp³-hybridized carbons (Fsp3) is 0.267. The number of nitrogens with zero attached hydrogens (tertiary/aromatic N) is 1. The van der Waals surface area contributed by atoms with E-state index in [0.29, 0.717) is 0 Å². The standard InChI is InChI=1S/C15H16BrFN2/c1-10-5-6-19-15(7-10)14(18-2)8-11-3-4-12(17)9-13(11)16/h3-7,9,14,18H,8H2,1-2H3. The Hall–Kier alpha value is -1.26. The van der Waals surface area contributed by atoms with E-state index in [1.54, 1.807) is 6.07 Å². The van der Waals surface area contributed by atoms with Crippen molar-refractivity contribution in [2.45, 2.75) is 19.4 Å². The van der Waals surface area contributed by atoms with Crippen molar-refractivity contribution >= 4 is 15.9 Å². The molecule has 1 aromatic heterocycles. The van der Waals surface area contributed by atoms with Crippen LogP contribution in [0.25, 0.3) is 0 Å². The average Bonchev–Trinajstić information content (AvgIpc) is 2.38. The summed E-state index contributed by atoms with van der Waals surface area (Å²) in [6, 6.07) is 8.94. The number of aryl methyl sites for hydroxylation is 1. The van der Waals surface area contributed by atoms with E-state index in [1.165, 1.54) is 17.7 Å². The second-order valence-corrected chi connectivity index (χ2v) is 5.39. The Morgan fingerprint density at radius 2 is 2.11 bits per heavy atom. The van der Waals surface area contributed by atoms with Crippen LogP contribution in [-0.2, 0) is 6.42 Å². The molecule has 0 saturated carbocycles. The molecule has 0 aliphatic heterocycles. The summed E-state index contributed by atoms with van der Waals surface area (Å²) in [5.74, 6) is -0.231. The minimum atomic E-state index is -0.231. The van der Waals surface area contributed by atoms with E-state index in [9.17, 15) is 4.39 Å². The summed E-state index contributed by atoms with van der Waals surface area (Å²) in [6.45, 7) is 2.05. The zero-order valence-electron chi connectivity index (χ0n) is 11.0. The third kappa shape index (κ3) is 3.61. The lowest BCUT2D eigenvalue weighted by Crippen LogP contribution is -2.20. The molecule has 0 aliphatic rings. The first kappa shape index (κ1) is 14.2. The largest absolute Gasteiger partial charge is 0.311 e. The lowest BCUT2D eigenvalue weighted by Gasteiger charge is -2.17. The molecular formula is C15H16BrFN2. The molecule has 0 bridgehead atoms. The summed E-state index contributed by atoms with van der Waals surface area (Å²) in [4.78, 5) is 4.40. The number of hydrogen-bond donors (Lipinski definition) is 1. The molecule has 19 heavy (non-hydrogen) atoms. The molecule has 2 rings (SSSR count). The van der Waals surface area contributed by atoms with Crippen LogP contribution in [-0.4, -0.2) is 12.0 Å². The van der Waals surface area contributed by atoms with Crippen molar-refractivity contribution in [3.05, 3.63) is 63.6 Å². The maximum atomic E-state index is 13.1. The number of nitrogens with one attached hydrogen (secondary N) is 1. The Bertz CT molecular complexity index is 572. The molecule has 1 unspecified atom stereocenters. The van der Waals surface area contributed by atoms with E-state index in [4.69, 9.17) is 0 Å². The summed E-state index contributed by atoms with van der Waals surface area (Å²) in [5.41, 5.74) is 3.24. The van der Waals surface area contributed by atoms with Crippen LogP contribution >= 0.6 is 15.9 Å². The molecule has 2 nitrogen and oxygen atoms in total. The van der Waals surface area contributed by atoms with Crippen LogP contribution in [0.2, 0.25) is 0 Å². The van der Waals surface area contributed by atoms with E-state index in [1.807, 2.05) is 26.2 Å². The molecule has 1 heterocycles. The molecule has 0 saturated heterocycles. The summed E-state index contributed by atoms with van der Waals surface area (Å²) in [5, 5.41) is 3.26. The Kier molecular flexibility index (Phi) is 4.66. The van der Waals surface area contributed by atoms with Gasteiger partial charge in [0.15, 0.2) is 0 Å².